The number of rotatable bonds is 3. The Hall–Kier alpha value is -5.20. The summed E-state index contributed by atoms with van der Waals surface area (Å²) in [5.41, 5.74) is 7.91. The van der Waals surface area contributed by atoms with E-state index in [1.807, 2.05) is 12.1 Å². The van der Waals surface area contributed by atoms with E-state index >= 15 is 0 Å². The van der Waals surface area contributed by atoms with Crippen LogP contribution in [0.4, 0.5) is 5.82 Å². The maximum absolute atomic E-state index is 7.34. The van der Waals surface area contributed by atoms with Crippen molar-refractivity contribution in [3.63, 3.8) is 0 Å². The van der Waals surface area contributed by atoms with Crippen LogP contribution in [0.15, 0.2) is 128 Å². The summed E-state index contributed by atoms with van der Waals surface area (Å²) in [7, 11) is 0. The first-order valence-electron chi connectivity index (χ1n) is 12.3. The second-order valence-corrected chi connectivity index (χ2v) is 9.15. The molecule has 0 unspecified atom stereocenters. The van der Waals surface area contributed by atoms with Gasteiger partial charge >= 0.3 is 0 Å². The fourth-order valence-corrected chi connectivity index (χ4v) is 5.45. The summed E-state index contributed by atoms with van der Waals surface area (Å²) in [6.45, 7) is 7.34. The van der Waals surface area contributed by atoms with E-state index in [4.69, 9.17) is 6.57 Å². The first-order valence-corrected chi connectivity index (χ1v) is 12.3. The molecular formula is C34H21N3. The van der Waals surface area contributed by atoms with Crippen LogP contribution < -0.4 is 0 Å². The first kappa shape index (κ1) is 21.1. The quantitative estimate of drug-likeness (QED) is 0.235. The van der Waals surface area contributed by atoms with E-state index in [0.29, 0.717) is 5.82 Å². The Morgan fingerprint density at radius 2 is 1.27 bits per heavy atom. The molecule has 0 N–H and O–H groups in total. The summed E-state index contributed by atoms with van der Waals surface area (Å²) < 4.78 is 2.37. The molecule has 0 fully saturated rings. The number of nitrogens with zero attached hydrogens (tertiary/aromatic N) is 3. The molecule has 3 nitrogen and oxygen atoms in total. The Bertz CT molecular complexity index is 1990. The summed E-state index contributed by atoms with van der Waals surface area (Å²) in [6.07, 6.45) is 1.70. The smallest absolute Gasteiger partial charge is 0.270 e. The van der Waals surface area contributed by atoms with E-state index in [-0.39, 0.29) is 0 Å². The van der Waals surface area contributed by atoms with Crippen molar-refractivity contribution < 1.29 is 0 Å². The Morgan fingerprint density at radius 1 is 0.568 bits per heavy atom. The molecular weight excluding hydrogens is 450 g/mol. The van der Waals surface area contributed by atoms with Gasteiger partial charge in [-0.1, -0.05) is 85.4 Å². The summed E-state index contributed by atoms with van der Waals surface area (Å²) in [5.74, 6) is 0.405. The number of hydrogen-bond donors (Lipinski definition) is 0. The van der Waals surface area contributed by atoms with Gasteiger partial charge < -0.3 is 9.41 Å². The van der Waals surface area contributed by atoms with Gasteiger partial charge in [0.05, 0.1) is 11.0 Å². The predicted octanol–water partition coefficient (Wildman–Crippen LogP) is 9.22. The fourth-order valence-electron chi connectivity index (χ4n) is 5.45. The number of hydrogen-bond acceptors (Lipinski definition) is 1. The number of para-hydroxylation sites is 2. The maximum Gasteiger partial charge on any atom is 0.270 e. The Balaban J connectivity index is 1.56. The van der Waals surface area contributed by atoms with Gasteiger partial charge in [0.25, 0.3) is 5.82 Å². The summed E-state index contributed by atoms with van der Waals surface area (Å²) in [4.78, 5) is 7.65. The summed E-state index contributed by atoms with van der Waals surface area (Å²) >= 11 is 0. The lowest BCUT2D eigenvalue weighted by Crippen LogP contribution is -1.94. The molecule has 172 valence electrons. The molecule has 2 heterocycles. The van der Waals surface area contributed by atoms with Gasteiger partial charge in [-0.3, -0.25) is 0 Å². The third kappa shape index (κ3) is 3.39. The number of pyridine rings is 1. The lowest BCUT2D eigenvalue weighted by molar-refractivity contribution is 1.18. The van der Waals surface area contributed by atoms with Crippen molar-refractivity contribution in [2.45, 2.75) is 0 Å². The van der Waals surface area contributed by atoms with Gasteiger partial charge in [-0.2, -0.15) is 0 Å². The Labute approximate surface area is 214 Å². The number of benzene rings is 5. The van der Waals surface area contributed by atoms with E-state index in [0.717, 1.165) is 22.4 Å². The monoisotopic (exact) mass is 471 g/mol. The van der Waals surface area contributed by atoms with Crippen LogP contribution in [0.2, 0.25) is 0 Å². The van der Waals surface area contributed by atoms with Crippen LogP contribution in [0.1, 0.15) is 0 Å². The Morgan fingerprint density at radius 3 is 2.11 bits per heavy atom. The molecule has 0 aliphatic rings. The average Bonchev–Trinajstić information content (AvgIpc) is 3.32. The molecule has 0 aliphatic heterocycles. The molecule has 7 rings (SSSR count). The van der Waals surface area contributed by atoms with E-state index in [1.54, 1.807) is 6.20 Å². The van der Waals surface area contributed by atoms with Crippen LogP contribution in [-0.4, -0.2) is 9.55 Å². The van der Waals surface area contributed by atoms with Gasteiger partial charge in [0.1, 0.15) is 6.20 Å². The normalized spacial score (nSPS) is 11.2. The molecule has 2 aromatic heterocycles. The van der Waals surface area contributed by atoms with Crippen LogP contribution in [0.3, 0.4) is 0 Å². The molecule has 0 bridgehead atoms. The highest BCUT2D eigenvalue weighted by atomic mass is 15.0. The van der Waals surface area contributed by atoms with Crippen LogP contribution >= 0.6 is 0 Å². The molecule has 0 atom stereocenters. The SMILES string of the molecule is [C-]#[N+]c1cc(-c2cccc(-c3cc4c(c5ccccc35)c3ccccc3n4-c3ccccc3)c2)ccn1. The van der Waals surface area contributed by atoms with Gasteiger partial charge in [0, 0.05) is 16.5 Å². The third-order valence-electron chi connectivity index (χ3n) is 7.06. The zero-order valence-electron chi connectivity index (χ0n) is 20.0. The molecule has 37 heavy (non-hydrogen) atoms. The van der Waals surface area contributed by atoms with Gasteiger partial charge in [-0.25, -0.2) is 0 Å². The van der Waals surface area contributed by atoms with Crippen molar-refractivity contribution in [1.82, 2.24) is 9.55 Å². The van der Waals surface area contributed by atoms with Gasteiger partial charge in [0.2, 0.25) is 0 Å². The van der Waals surface area contributed by atoms with Crippen molar-refractivity contribution >= 4 is 38.4 Å². The highest BCUT2D eigenvalue weighted by Crippen LogP contribution is 2.41. The van der Waals surface area contributed by atoms with Crippen LogP contribution in [0.25, 0.3) is 65.4 Å². The largest absolute Gasteiger partial charge is 0.361 e. The van der Waals surface area contributed by atoms with Gasteiger partial charge in [-0.05, 0) is 75.5 Å². The van der Waals surface area contributed by atoms with Crippen molar-refractivity contribution in [2.24, 2.45) is 0 Å². The van der Waals surface area contributed by atoms with Crippen LogP contribution in [0.5, 0.6) is 0 Å². The fraction of sp³-hybridized carbons (Fsp3) is 0. The van der Waals surface area contributed by atoms with Crippen LogP contribution in [0, 0.1) is 6.57 Å². The molecule has 3 heteroatoms. The molecule has 0 spiro atoms. The minimum Gasteiger partial charge on any atom is -0.361 e. The number of fused-ring (bicyclic) bond motifs is 5. The van der Waals surface area contributed by atoms with Crippen molar-refractivity contribution in [3.05, 3.63) is 139 Å². The zero-order chi connectivity index (χ0) is 24.8. The minimum atomic E-state index is 0.405. The molecule has 0 saturated heterocycles. The van der Waals surface area contributed by atoms with Crippen molar-refractivity contribution in [2.75, 3.05) is 0 Å². The predicted molar refractivity (Wildman–Crippen MR) is 153 cm³/mol. The molecule has 0 saturated carbocycles. The van der Waals surface area contributed by atoms with Crippen LogP contribution in [-0.2, 0) is 0 Å². The Kier molecular flexibility index (Phi) is 4.84. The molecule has 0 radical (unpaired) electrons. The minimum absolute atomic E-state index is 0.405. The van der Waals surface area contributed by atoms with E-state index in [9.17, 15) is 0 Å². The van der Waals surface area contributed by atoms with Gasteiger partial charge in [-0.15, -0.1) is 4.98 Å². The molecule has 0 amide bonds. The van der Waals surface area contributed by atoms with E-state index < -0.39 is 0 Å². The second-order valence-electron chi connectivity index (χ2n) is 9.15. The molecule has 0 aliphatic carbocycles. The van der Waals surface area contributed by atoms with E-state index in [1.165, 1.54) is 38.1 Å². The highest BCUT2D eigenvalue weighted by molar-refractivity contribution is 6.24. The van der Waals surface area contributed by atoms with Crippen molar-refractivity contribution in [1.29, 1.82) is 0 Å². The summed E-state index contributed by atoms with van der Waals surface area (Å²) in [6, 6.07) is 42.6. The van der Waals surface area contributed by atoms with Gasteiger partial charge in [0.15, 0.2) is 0 Å². The zero-order valence-corrected chi connectivity index (χ0v) is 20.0. The number of aromatic nitrogens is 2. The van der Waals surface area contributed by atoms with Crippen molar-refractivity contribution in [3.8, 4) is 27.9 Å². The second kappa shape index (κ2) is 8.48. The topological polar surface area (TPSA) is 22.2 Å². The standard InChI is InChI=1S/C34H21N3/c1-35-33-21-24(18-19-36-33)23-10-9-11-25(20-23)30-22-32-34(28-15-6-5-14-27(28)30)29-16-7-8-17-31(29)37(32)26-12-3-2-4-13-26/h2-22H. The molecule has 7 aromatic rings. The first-order chi connectivity index (χ1) is 18.3. The lowest BCUT2D eigenvalue weighted by Gasteiger charge is -2.13. The maximum atomic E-state index is 7.34. The average molecular weight is 472 g/mol. The highest BCUT2D eigenvalue weighted by Gasteiger charge is 2.17. The summed E-state index contributed by atoms with van der Waals surface area (Å²) in [5, 5.41) is 4.98. The third-order valence-corrected chi connectivity index (χ3v) is 7.06. The van der Waals surface area contributed by atoms with E-state index in [2.05, 4.69) is 124 Å². The lowest BCUT2D eigenvalue weighted by atomic mass is 9.93. The molecule has 5 aromatic carbocycles.